The van der Waals surface area contributed by atoms with Gasteiger partial charge in [0.05, 0.1) is 18.0 Å². The van der Waals surface area contributed by atoms with E-state index in [1.54, 1.807) is 0 Å². The number of allylic oxidation sites excluding steroid dienone is 18. The SMILES string of the molecule is C=C/C1=C(\C=C/C)C(C)/C(c2ccccc2)=C/C=C(C2=CC3=C(CC2)C/C(=C\C=c2\ccccc2=C)N3c2cccc(/C(=C/C(=NCc3ccccc3)c3ccc(C4=CCCC=C4)cc3)N=C)c2)\C=C\N1.CC. The van der Waals surface area contributed by atoms with E-state index in [1.807, 2.05) is 32.1 Å². The van der Waals surface area contributed by atoms with Crippen LogP contribution in [0, 0.1) is 5.92 Å². The quantitative estimate of drug-likeness (QED) is 0.119. The van der Waals surface area contributed by atoms with Crippen LogP contribution in [-0.2, 0) is 6.54 Å². The van der Waals surface area contributed by atoms with Gasteiger partial charge in [-0.25, -0.2) is 0 Å². The fourth-order valence-corrected chi connectivity index (χ4v) is 9.82. The maximum atomic E-state index is 5.22. The predicted octanol–water partition coefficient (Wildman–Crippen LogP) is 15.9. The maximum Gasteiger partial charge on any atom is 0.0717 e. The van der Waals surface area contributed by atoms with Gasteiger partial charge in [-0.05, 0) is 148 Å². The molecule has 9 rings (SSSR count). The van der Waals surface area contributed by atoms with Crippen molar-refractivity contribution < 1.29 is 0 Å². The van der Waals surface area contributed by atoms with Gasteiger partial charge in [-0.2, -0.15) is 0 Å². The average molecular weight is 953 g/mol. The summed E-state index contributed by atoms with van der Waals surface area (Å²) in [6.07, 6.45) is 35.8. The third-order valence-electron chi connectivity index (χ3n) is 13.6. The molecule has 0 saturated carbocycles. The minimum absolute atomic E-state index is 0.107. The minimum atomic E-state index is 0.107. The Labute approximate surface area is 434 Å². The first-order chi connectivity index (χ1) is 35.9. The van der Waals surface area contributed by atoms with Gasteiger partial charge in [0.25, 0.3) is 0 Å². The summed E-state index contributed by atoms with van der Waals surface area (Å²) in [7, 11) is 0. The zero-order valence-corrected chi connectivity index (χ0v) is 43.1. The van der Waals surface area contributed by atoms with Gasteiger partial charge in [-0.1, -0.05) is 204 Å². The lowest BCUT2D eigenvalue weighted by Gasteiger charge is -2.26. The summed E-state index contributed by atoms with van der Waals surface area (Å²) in [6, 6.07) is 46.9. The Morgan fingerprint density at radius 2 is 1.55 bits per heavy atom. The van der Waals surface area contributed by atoms with Crippen LogP contribution in [0.3, 0.4) is 0 Å². The molecule has 0 fully saturated rings. The van der Waals surface area contributed by atoms with Crippen molar-refractivity contribution in [2.45, 2.75) is 66.3 Å². The number of aliphatic imine (C=N–C) groups is 2. The fraction of sp³-hybridized carbons (Fsp3) is 0.159. The van der Waals surface area contributed by atoms with Crippen molar-refractivity contribution in [3.8, 4) is 0 Å². The lowest BCUT2D eigenvalue weighted by atomic mass is 9.85. The van der Waals surface area contributed by atoms with Gasteiger partial charge in [-0.3, -0.25) is 9.98 Å². The van der Waals surface area contributed by atoms with Crippen LogP contribution in [-0.4, -0.2) is 12.4 Å². The summed E-state index contributed by atoms with van der Waals surface area (Å²) in [5, 5.41) is 5.71. The fourth-order valence-electron chi connectivity index (χ4n) is 9.82. The molecule has 0 bridgehead atoms. The Hall–Kier alpha value is -8.34. The van der Waals surface area contributed by atoms with E-state index in [-0.39, 0.29) is 5.92 Å². The molecule has 2 aliphatic carbocycles. The van der Waals surface area contributed by atoms with Gasteiger partial charge >= 0.3 is 0 Å². The molecule has 2 heterocycles. The van der Waals surface area contributed by atoms with Gasteiger partial charge in [0.1, 0.15) is 0 Å². The molecule has 1 N–H and O–H groups in total. The molecule has 1 atom stereocenters. The number of benzene rings is 5. The van der Waals surface area contributed by atoms with Crippen LogP contribution in [0.15, 0.2) is 269 Å². The Morgan fingerprint density at radius 1 is 0.781 bits per heavy atom. The van der Waals surface area contributed by atoms with Gasteiger partial charge < -0.3 is 10.2 Å². The summed E-state index contributed by atoms with van der Waals surface area (Å²) in [6.45, 7) is 21.6. The third kappa shape index (κ3) is 12.4. The third-order valence-corrected chi connectivity index (χ3v) is 13.6. The molecule has 364 valence electrons. The molecule has 5 aromatic rings. The smallest absolute Gasteiger partial charge is 0.0717 e. The second kappa shape index (κ2) is 25.2. The molecular weight excluding hydrogens is 885 g/mol. The summed E-state index contributed by atoms with van der Waals surface area (Å²) in [5.41, 5.74) is 19.1. The lowest BCUT2D eigenvalue weighted by Crippen LogP contribution is -2.22. The molecule has 2 aliphatic heterocycles. The summed E-state index contributed by atoms with van der Waals surface area (Å²) in [4.78, 5) is 12.3. The second-order valence-electron chi connectivity index (χ2n) is 18.2. The van der Waals surface area contributed by atoms with Crippen molar-refractivity contribution in [2.24, 2.45) is 15.9 Å². The highest BCUT2D eigenvalue weighted by Crippen LogP contribution is 2.44. The Bertz CT molecular complexity index is 3320. The maximum absolute atomic E-state index is 5.22. The molecule has 0 saturated heterocycles. The highest BCUT2D eigenvalue weighted by Gasteiger charge is 2.30. The molecule has 5 aromatic carbocycles. The van der Waals surface area contributed by atoms with Crippen molar-refractivity contribution in [3.05, 3.63) is 297 Å². The van der Waals surface area contributed by atoms with Crippen LogP contribution in [0.2, 0.25) is 0 Å². The Kier molecular flexibility index (Phi) is 17.6. The highest BCUT2D eigenvalue weighted by atomic mass is 15.2. The molecular formula is C69H68N4. The van der Waals surface area contributed by atoms with Crippen molar-refractivity contribution in [1.82, 2.24) is 5.32 Å². The van der Waals surface area contributed by atoms with Crippen LogP contribution >= 0.6 is 0 Å². The monoisotopic (exact) mass is 953 g/mol. The molecule has 0 amide bonds. The molecule has 0 aromatic heterocycles. The molecule has 73 heavy (non-hydrogen) atoms. The Morgan fingerprint density at radius 3 is 2.27 bits per heavy atom. The Balaban J connectivity index is 0.00000351. The first-order valence-corrected chi connectivity index (χ1v) is 25.8. The van der Waals surface area contributed by atoms with Gasteiger partial charge in [0, 0.05) is 46.9 Å². The van der Waals surface area contributed by atoms with E-state index in [0.29, 0.717) is 6.54 Å². The molecule has 4 nitrogen and oxygen atoms in total. The van der Waals surface area contributed by atoms with Gasteiger partial charge in [0.15, 0.2) is 0 Å². The number of anilines is 1. The van der Waals surface area contributed by atoms with Gasteiger partial charge in [0.2, 0.25) is 0 Å². The van der Waals surface area contributed by atoms with E-state index in [9.17, 15) is 0 Å². The van der Waals surface area contributed by atoms with Crippen LogP contribution in [0.25, 0.3) is 29.5 Å². The largest absolute Gasteiger partial charge is 0.361 e. The molecule has 4 heteroatoms. The topological polar surface area (TPSA) is 40.0 Å². The highest BCUT2D eigenvalue weighted by molar-refractivity contribution is 6.12. The number of nitrogens with one attached hydrogen (secondary N) is 1. The van der Waals surface area contributed by atoms with Crippen LogP contribution < -0.4 is 20.7 Å². The summed E-state index contributed by atoms with van der Waals surface area (Å²) < 4.78 is 0. The van der Waals surface area contributed by atoms with E-state index in [0.717, 1.165) is 87.6 Å². The van der Waals surface area contributed by atoms with E-state index in [2.05, 4.69) is 249 Å². The predicted molar refractivity (Wildman–Crippen MR) is 316 cm³/mol. The van der Waals surface area contributed by atoms with Crippen LogP contribution in [0.1, 0.15) is 87.6 Å². The van der Waals surface area contributed by atoms with E-state index in [1.165, 1.54) is 50.4 Å². The zero-order valence-electron chi connectivity index (χ0n) is 43.1. The standard InChI is InChI=1S/C67H62N4.C2H6/c1-6-20-63-49(4)62(55-27-15-10-16-28-55)40-38-54(41-42-69-64(63)7-2)57-35-36-59-44-61(39-37-51-24-18-17-21-48(51)3)71(67(59)45-57)60-30-19-29-58(43-60)65(68-5)46-66(70-47-50-22-11-8-12-23-50)56-33-31-53(32-34-56)52-25-13-9-14-26-52;1-2/h6-8,10-13,15-34,37-43,45-46,49,69H,2-3,5,9,14,35-36,44,47H2,1,4H3;1-2H3/b20-6-,42-41+,51-37-,54-38+,61-39+,62-40-,64-63-,65-46-,70-66?;. The number of rotatable bonds is 13. The number of hydrogen-bond donors (Lipinski definition) is 1. The van der Waals surface area contributed by atoms with E-state index >= 15 is 0 Å². The second-order valence-corrected chi connectivity index (χ2v) is 18.2. The molecule has 4 aliphatic rings. The summed E-state index contributed by atoms with van der Waals surface area (Å²) >= 11 is 0. The first kappa shape index (κ1) is 51.0. The minimum Gasteiger partial charge on any atom is -0.361 e. The van der Waals surface area contributed by atoms with Crippen molar-refractivity contribution in [1.29, 1.82) is 0 Å². The number of hydrogen-bond acceptors (Lipinski definition) is 4. The van der Waals surface area contributed by atoms with Crippen LogP contribution in [0.4, 0.5) is 5.69 Å². The van der Waals surface area contributed by atoms with Crippen molar-refractivity contribution >= 4 is 47.6 Å². The molecule has 0 radical (unpaired) electrons. The van der Waals surface area contributed by atoms with Crippen LogP contribution in [0.5, 0.6) is 0 Å². The zero-order chi connectivity index (χ0) is 50.9. The van der Waals surface area contributed by atoms with Gasteiger partial charge in [-0.15, -0.1) is 0 Å². The normalized spacial score (nSPS) is 20.9. The first-order valence-electron chi connectivity index (χ1n) is 25.8. The van der Waals surface area contributed by atoms with Crippen molar-refractivity contribution in [3.63, 3.8) is 0 Å². The number of nitrogens with zero attached hydrogens (tertiary/aromatic N) is 3. The van der Waals surface area contributed by atoms with E-state index in [4.69, 9.17) is 4.99 Å². The van der Waals surface area contributed by atoms with Crippen molar-refractivity contribution in [2.75, 3.05) is 4.90 Å². The summed E-state index contributed by atoms with van der Waals surface area (Å²) in [5.74, 6) is 0.107. The van der Waals surface area contributed by atoms with E-state index < -0.39 is 0 Å². The molecule has 1 unspecified atom stereocenters. The average Bonchev–Trinajstić information content (AvgIpc) is 3.82. The molecule has 0 spiro atoms. The lowest BCUT2D eigenvalue weighted by molar-refractivity contribution is 0.874.